The number of hydrogen-bond acceptors (Lipinski definition) is 10. The van der Waals surface area contributed by atoms with Crippen molar-refractivity contribution < 1.29 is 28.6 Å². The maximum absolute atomic E-state index is 12.3. The van der Waals surface area contributed by atoms with E-state index in [1.165, 1.54) is 18.0 Å². The molecule has 32 heavy (non-hydrogen) atoms. The minimum Gasteiger partial charge on any atom is -0.479 e. The molecule has 174 valence electrons. The lowest BCUT2D eigenvalue weighted by molar-refractivity contribution is -0.152. The zero-order chi connectivity index (χ0) is 24.1. The molecule has 2 aromatic heterocycles. The van der Waals surface area contributed by atoms with Gasteiger partial charge in [-0.2, -0.15) is 10.1 Å². The summed E-state index contributed by atoms with van der Waals surface area (Å²) >= 11 is 0. The van der Waals surface area contributed by atoms with Gasteiger partial charge in [0.05, 0.1) is 31.2 Å². The van der Waals surface area contributed by atoms with Crippen LogP contribution in [-0.2, 0) is 14.3 Å². The lowest BCUT2D eigenvalue weighted by atomic mass is 10.0. The fourth-order valence-corrected chi connectivity index (χ4v) is 2.92. The van der Waals surface area contributed by atoms with Gasteiger partial charge in [-0.3, -0.25) is 9.59 Å². The minimum absolute atomic E-state index is 0.0975. The van der Waals surface area contributed by atoms with Crippen LogP contribution in [0.5, 0.6) is 5.88 Å². The molecule has 0 atom stereocenters. The van der Waals surface area contributed by atoms with Gasteiger partial charge in [0.2, 0.25) is 11.8 Å². The number of aldehydes is 1. The molecule has 1 N–H and O–H groups in total. The summed E-state index contributed by atoms with van der Waals surface area (Å²) in [5.41, 5.74) is 0.228. The summed E-state index contributed by atoms with van der Waals surface area (Å²) in [7, 11) is 1.41. The molecule has 0 aromatic carbocycles. The molecule has 0 aliphatic carbocycles. The molecular formula is C21H29N5O6. The molecule has 0 amide bonds. The Morgan fingerprint density at radius 1 is 1.28 bits per heavy atom. The Balaban J connectivity index is 2.44. The van der Waals surface area contributed by atoms with Crippen molar-refractivity contribution in [2.45, 2.75) is 53.1 Å². The third kappa shape index (κ3) is 5.80. The molecule has 0 saturated carbocycles. The van der Waals surface area contributed by atoms with E-state index in [0.717, 1.165) is 0 Å². The first kappa shape index (κ1) is 24.8. The molecule has 0 unspecified atom stereocenters. The number of anilines is 1. The second-order valence-electron chi connectivity index (χ2n) is 8.08. The highest BCUT2D eigenvalue weighted by Crippen LogP contribution is 2.29. The van der Waals surface area contributed by atoms with E-state index < -0.39 is 17.5 Å². The van der Waals surface area contributed by atoms with Crippen LogP contribution in [0.15, 0.2) is 6.20 Å². The summed E-state index contributed by atoms with van der Waals surface area (Å²) in [6.45, 7) is 10.7. The third-order valence-corrected chi connectivity index (χ3v) is 4.06. The number of hydrogen-bond donors (Lipinski definition) is 1. The highest BCUT2D eigenvalue weighted by atomic mass is 16.6. The first-order chi connectivity index (χ1) is 15.0. The van der Waals surface area contributed by atoms with Crippen molar-refractivity contribution in [2.75, 3.05) is 25.6 Å². The van der Waals surface area contributed by atoms with Gasteiger partial charge in [-0.15, -0.1) is 0 Å². The number of aromatic nitrogens is 4. The molecule has 11 nitrogen and oxygen atoms in total. The average molecular weight is 447 g/mol. The molecule has 2 heterocycles. The van der Waals surface area contributed by atoms with Gasteiger partial charge in [0.1, 0.15) is 17.8 Å². The van der Waals surface area contributed by atoms with Gasteiger partial charge in [0.25, 0.3) is 0 Å². The Kier molecular flexibility index (Phi) is 7.90. The summed E-state index contributed by atoms with van der Waals surface area (Å²) in [4.78, 5) is 44.5. The van der Waals surface area contributed by atoms with Crippen molar-refractivity contribution in [3.63, 3.8) is 0 Å². The minimum atomic E-state index is -0.703. The van der Waals surface area contributed by atoms with Crippen LogP contribution < -0.4 is 10.1 Å². The molecule has 2 rings (SSSR count). The second-order valence-corrected chi connectivity index (χ2v) is 8.08. The smallest absolute Gasteiger partial charge is 0.359 e. The van der Waals surface area contributed by atoms with Gasteiger partial charge in [0, 0.05) is 0 Å². The third-order valence-electron chi connectivity index (χ3n) is 4.06. The highest BCUT2D eigenvalue weighted by Gasteiger charge is 2.28. The normalized spacial score (nSPS) is 11.2. The zero-order valence-electron chi connectivity index (χ0n) is 19.4. The van der Waals surface area contributed by atoms with Crippen LogP contribution in [0.3, 0.4) is 0 Å². The Hall–Kier alpha value is -3.50. The Morgan fingerprint density at radius 2 is 1.97 bits per heavy atom. The Bertz CT molecular complexity index is 993. The van der Waals surface area contributed by atoms with E-state index >= 15 is 0 Å². The van der Waals surface area contributed by atoms with E-state index in [1.54, 1.807) is 27.7 Å². The van der Waals surface area contributed by atoms with Crippen LogP contribution in [0.1, 0.15) is 74.0 Å². The topological polar surface area (TPSA) is 135 Å². The van der Waals surface area contributed by atoms with Crippen LogP contribution in [0.4, 0.5) is 5.95 Å². The van der Waals surface area contributed by atoms with Gasteiger partial charge < -0.3 is 19.5 Å². The van der Waals surface area contributed by atoms with E-state index in [1.807, 2.05) is 13.8 Å². The van der Waals surface area contributed by atoms with Crippen molar-refractivity contribution in [1.29, 1.82) is 0 Å². The van der Waals surface area contributed by atoms with Gasteiger partial charge >= 0.3 is 11.9 Å². The summed E-state index contributed by atoms with van der Waals surface area (Å²) in [5, 5.41) is 7.08. The van der Waals surface area contributed by atoms with Crippen molar-refractivity contribution in [3.05, 3.63) is 23.1 Å². The van der Waals surface area contributed by atoms with Gasteiger partial charge in [0.15, 0.2) is 12.0 Å². The van der Waals surface area contributed by atoms with Crippen LogP contribution in [0.2, 0.25) is 0 Å². The molecule has 0 bridgehead atoms. The fraction of sp³-hybridized carbons (Fsp3) is 0.524. The predicted octanol–water partition coefficient (Wildman–Crippen LogP) is 2.54. The summed E-state index contributed by atoms with van der Waals surface area (Å²) in [6.07, 6.45) is 2.00. The van der Waals surface area contributed by atoms with E-state index in [4.69, 9.17) is 14.2 Å². The molecule has 0 radical (unpaired) electrons. The summed E-state index contributed by atoms with van der Waals surface area (Å²) in [5.74, 6) is -1.07. The van der Waals surface area contributed by atoms with Gasteiger partial charge in [-0.05, 0) is 33.6 Å². The molecule has 0 saturated heterocycles. The van der Waals surface area contributed by atoms with Crippen LogP contribution in [-0.4, -0.2) is 63.8 Å². The largest absolute Gasteiger partial charge is 0.479 e. The first-order valence-electron chi connectivity index (χ1n) is 10.1. The number of ether oxygens (including phenoxy) is 3. The first-order valence-corrected chi connectivity index (χ1v) is 10.1. The van der Waals surface area contributed by atoms with Crippen LogP contribution in [0, 0.1) is 0 Å². The Morgan fingerprint density at radius 3 is 2.50 bits per heavy atom. The van der Waals surface area contributed by atoms with E-state index in [9.17, 15) is 14.4 Å². The van der Waals surface area contributed by atoms with Crippen molar-refractivity contribution in [3.8, 4) is 11.6 Å². The number of carbonyl (C=O) groups is 3. The lowest BCUT2D eigenvalue weighted by Crippen LogP contribution is -2.28. The average Bonchev–Trinajstić information content (AvgIpc) is 3.10. The van der Waals surface area contributed by atoms with Crippen LogP contribution in [0.25, 0.3) is 5.69 Å². The highest BCUT2D eigenvalue weighted by molar-refractivity contribution is 5.97. The molecule has 0 spiro atoms. The number of carbonyl (C=O) groups excluding carboxylic acids is 3. The van der Waals surface area contributed by atoms with Crippen LogP contribution >= 0.6 is 0 Å². The predicted molar refractivity (Wildman–Crippen MR) is 115 cm³/mol. The van der Waals surface area contributed by atoms with Crippen molar-refractivity contribution in [2.24, 2.45) is 0 Å². The van der Waals surface area contributed by atoms with Gasteiger partial charge in [-0.25, -0.2) is 14.5 Å². The quantitative estimate of drug-likeness (QED) is 0.451. The number of esters is 2. The van der Waals surface area contributed by atoms with Crippen molar-refractivity contribution in [1.82, 2.24) is 19.7 Å². The number of methoxy groups -OCH3 is 1. The summed E-state index contributed by atoms with van der Waals surface area (Å²) in [6, 6.07) is 0. The standard InChI is InChI=1S/C21H29N5O6/c1-8-31-19(29)16-13(11-27)17(12(2)3)26(25-16)14-9-22-20(24-18(14)30-7)23-10-15(28)32-21(4,5)6/h9,11-12H,8,10H2,1-7H3,(H,22,23,24). The number of nitrogens with zero attached hydrogens (tertiary/aromatic N) is 4. The fourth-order valence-electron chi connectivity index (χ4n) is 2.92. The SMILES string of the molecule is CCOC(=O)c1nn(-c2cnc(NCC(=O)OC(C)(C)C)nc2OC)c(C(C)C)c1C=O. The van der Waals surface area contributed by atoms with E-state index in [-0.39, 0.29) is 42.2 Å². The van der Waals surface area contributed by atoms with Gasteiger partial charge in [-0.1, -0.05) is 13.8 Å². The molecular weight excluding hydrogens is 418 g/mol. The monoisotopic (exact) mass is 447 g/mol. The molecule has 2 aromatic rings. The molecule has 0 fully saturated rings. The second kappa shape index (κ2) is 10.2. The van der Waals surface area contributed by atoms with E-state index in [2.05, 4.69) is 20.4 Å². The number of nitrogens with one attached hydrogen (secondary N) is 1. The summed E-state index contributed by atoms with van der Waals surface area (Å²) < 4.78 is 17.1. The molecule has 0 aliphatic heterocycles. The number of rotatable bonds is 9. The molecule has 11 heteroatoms. The van der Waals surface area contributed by atoms with E-state index in [0.29, 0.717) is 17.7 Å². The maximum Gasteiger partial charge on any atom is 0.359 e. The zero-order valence-corrected chi connectivity index (χ0v) is 19.4. The maximum atomic E-state index is 12.3. The Labute approximate surface area is 186 Å². The lowest BCUT2D eigenvalue weighted by Gasteiger charge is -2.19. The van der Waals surface area contributed by atoms with Crippen molar-refractivity contribution >= 4 is 24.2 Å². The molecule has 0 aliphatic rings.